The van der Waals surface area contributed by atoms with Gasteiger partial charge in [0.1, 0.15) is 5.25 Å². The molecule has 0 spiro atoms. The average molecular weight is 371 g/mol. The molecular formula is C20H26N4OS. The molecule has 1 aromatic heterocycles. The largest absolute Gasteiger partial charge is 0.295 e. The van der Waals surface area contributed by atoms with Gasteiger partial charge in [0.05, 0.1) is 6.04 Å². The van der Waals surface area contributed by atoms with Crippen LogP contribution in [-0.2, 0) is 6.42 Å². The van der Waals surface area contributed by atoms with Crippen LogP contribution in [0.25, 0.3) is 0 Å². The van der Waals surface area contributed by atoms with E-state index in [9.17, 15) is 4.79 Å². The lowest BCUT2D eigenvalue weighted by molar-refractivity contribution is 0.0799. The molecule has 1 fully saturated rings. The van der Waals surface area contributed by atoms with E-state index < -0.39 is 0 Å². The molecular weight excluding hydrogens is 344 g/mol. The van der Waals surface area contributed by atoms with Gasteiger partial charge in [-0.2, -0.15) is 4.68 Å². The number of aromatic nitrogens is 3. The molecule has 2 unspecified atom stereocenters. The summed E-state index contributed by atoms with van der Waals surface area (Å²) in [7, 11) is 0. The zero-order chi connectivity index (χ0) is 18.3. The lowest BCUT2D eigenvalue weighted by atomic mass is 9.93. The van der Waals surface area contributed by atoms with Crippen LogP contribution in [0.5, 0.6) is 0 Å². The van der Waals surface area contributed by atoms with Crippen LogP contribution in [0, 0.1) is 12.8 Å². The van der Waals surface area contributed by atoms with E-state index >= 15 is 0 Å². The van der Waals surface area contributed by atoms with Gasteiger partial charge in [0.25, 0.3) is 5.91 Å². The average Bonchev–Trinajstić information content (AvgIpc) is 3.17. The molecule has 2 atom stereocenters. The summed E-state index contributed by atoms with van der Waals surface area (Å²) in [5.74, 6) is 1.58. The molecule has 26 heavy (non-hydrogen) atoms. The van der Waals surface area contributed by atoms with Crippen molar-refractivity contribution in [2.75, 3.05) is 13.1 Å². The smallest absolute Gasteiger partial charge is 0.264 e. The maximum absolute atomic E-state index is 13.1. The fourth-order valence-electron chi connectivity index (χ4n) is 3.93. The first-order valence-corrected chi connectivity index (χ1v) is 10.4. The Labute approximate surface area is 159 Å². The van der Waals surface area contributed by atoms with Crippen molar-refractivity contribution in [2.45, 2.75) is 56.5 Å². The number of carbonyl (C=O) groups is 1. The summed E-state index contributed by atoms with van der Waals surface area (Å²) < 4.78 is 1.53. The highest BCUT2D eigenvalue weighted by atomic mass is 32.2. The van der Waals surface area contributed by atoms with E-state index in [1.54, 1.807) is 11.8 Å². The van der Waals surface area contributed by atoms with Gasteiger partial charge in [-0.15, -0.1) is 5.10 Å². The summed E-state index contributed by atoms with van der Waals surface area (Å²) in [6.45, 7) is 8.53. The molecule has 2 aliphatic heterocycles. The van der Waals surface area contributed by atoms with Crippen LogP contribution in [0.4, 0.5) is 0 Å². The maximum Gasteiger partial charge on any atom is 0.264 e. The van der Waals surface area contributed by atoms with Crippen LogP contribution in [-0.4, -0.2) is 43.9 Å². The van der Waals surface area contributed by atoms with Gasteiger partial charge in [-0.1, -0.05) is 55.4 Å². The third-order valence-corrected chi connectivity index (χ3v) is 6.69. The van der Waals surface area contributed by atoms with Crippen molar-refractivity contribution in [3.05, 3.63) is 41.2 Å². The fourth-order valence-corrected chi connectivity index (χ4v) is 5.20. The van der Waals surface area contributed by atoms with Gasteiger partial charge in [0.2, 0.25) is 0 Å². The Bertz CT molecular complexity index is 810. The Morgan fingerprint density at radius 1 is 1.31 bits per heavy atom. The van der Waals surface area contributed by atoms with Gasteiger partial charge in [-0.25, -0.2) is 4.98 Å². The topological polar surface area (TPSA) is 51.0 Å². The minimum absolute atomic E-state index is 0.0716. The van der Waals surface area contributed by atoms with Crippen LogP contribution in [0.3, 0.4) is 0 Å². The van der Waals surface area contributed by atoms with Gasteiger partial charge in [-0.05, 0) is 44.3 Å². The third-order valence-electron chi connectivity index (χ3n) is 5.50. The van der Waals surface area contributed by atoms with Crippen LogP contribution in [0.1, 0.15) is 54.5 Å². The number of benzene rings is 1. The summed E-state index contributed by atoms with van der Waals surface area (Å²) in [5.41, 5.74) is 2.46. The van der Waals surface area contributed by atoms with Crippen molar-refractivity contribution in [2.24, 2.45) is 5.92 Å². The molecule has 5 nitrogen and oxygen atoms in total. The van der Waals surface area contributed by atoms with E-state index in [2.05, 4.69) is 53.1 Å². The molecule has 4 rings (SSSR count). The standard InChI is InChI=1S/C20H26N4OS/c1-4-16-21-20-24(22-16)19(25)18(26-20)17(15-7-5-6-14(3)12-15)23-10-8-13(2)9-11-23/h5-7,12-13,17-18H,4,8-11H2,1-3H3. The molecule has 0 bridgehead atoms. The quantitative estimate of drug-likeness (QED) is 0.821. The maximum atomic E-state index is 13.1. The normalized spacial score (nSPS) is 22.6. The van der Waals surface area contributed by atoms with E-state index in [4.69, 9.17) is 0 Å². The number of hydrogen-bond donors (Lipinski definition) is 0. The summed E-state index contributed by atoms with van der Waals surface area (Å²) in [4.78, 5) is 20.2. The third kappa shape index (κ3) is 3.21. The minimum Gasteiger partial charge on any atom is -0.295 e. The summed E-state index contributed by atoms with van der Waals surface area (Å²) in [6.07, 6.45) is 3.14. The molecule has 0 aliphatic carbocycles. The Hall–Kier alpha value is -1.66. The molecule has 6 heteroatoms. The van der Waals surface area contributed by atoms with E-state index in [0.29, 0.717) is 0 Å². The molecule has 0 amide bonds. The molecule has 138 valence electrons. The zero-order valence-corrected chi connectivity index (χ0v) is 16.5. The van der Waals surface area contributed by atoms with Crippen LogP contribution >= 0.6 is 11.8 Å². The zero-order valence-electron chi connectivity index (χ0n) is 15.7. The lowest BCUT2D eigenvalue weighted by Crippen LogP contribution is -2.42. The molecule has 0 saturated carbocycles. The number of thioether (sulfide) groups is 1. The van der Waals surface area contributed by atoms with E-state index in [0.717, 1.165) is 36.4 Å². The Morgan fingerprint density at radius 2 is 2.08 bits per heavy atom. The number of hydrogen-bond acceptors (Lipinski definition) is 5. The number of carbonyl (C=O) groups excluding carboxylic acids is 1. The monoisotopic (exact) mass is 370 g/mol. The van der Waals surface area contributed by atoms with Gasteiger partial charge < -0.3 is 0 Å². The Balaban J connectivity index is 1.67. The lowest BCUT2D eigenvalue weighted by Gasteiger charge is -2.38. The van der Waals surface area contributed by atoms with Crippen LogP contribution in [0.2, 0.25) is 0 Å². The second kappa shape index (κ2) is 7.16. The predicted molar refractivity (Wildman–Crippen MR) is 104 cm³/mol. The van der Waals surface area contributed by atoms with E-state index in [1.807, 2.05) is 6.92 Å². The first-order valence-electron chi connectivity index (χ1n) is 9.54. The summed E-state index contributed by atoms with van der Waals surface area (Å²) in [6, 6.07) is 8.68. The molecule has 0 radical (unpaired) electrons. The predicted octanol–water partition coefficient (Wildman–Crippen LogP) is 3.74. The van der Waals surface area contributed by atoms with Gasteiger partial charge in [0, 0.05) is 6.42 Å². The molecule has 3 heterocycles. The molecule has 2 aromatic rings. The number of piperidine rings is 1. The minimum atomic E-state index is -0.175. The van der Waals surface area contributed by atoms with Gasteiger partial charge in [0.15, 0.2) is 11.0 Å². The number of nitrogens with zero attached hydrogens (tertiary/aromatic N) is 4. The number of aryl methyl sites for hydroxylation is 2. The van der Waals surface area contributed by atoms with Crippen molar-refractivity contribution in [3.63, 3.8) is 0 Å². The molecule has 2 aliphatic rings. The molecule has 1 saturated heterocycles. The first kappa shape index (κ1) is 17.7. The van der Waals surface area contributed by atoms with Crippen LogP contribution < -0.4 is 0 Å². The summed E-state index contributed by atoms with van der Waals surface area (Å²) >= 11 is 1.58. The second-order valence-electron chi connectivity index (χ2n) is 7.53. The van der Waals surface area contributed by atoms with Crippen molar-refractivity contribution in [1.82, 2.24) is 19.7 Å². The van der Waals surface area contributed by atoms with Gasteiger partial charge >= 0.3 is 0 Å². The SMILES string of the molecule is CCc1nc2n(n1)C(=O)C(C(c1cccc(C)c1)N1CCC(C)CC1)S2. The van der Waals surface area contributed by atoms with Gasteiger partial charge in [-0.3, -0.25) is 9.69 Å². The van der Waals surface area contributed by atoms with Crippen molar-refractivity contribution < 1.29 is 4.79 Å². The molecule has 1 aromatic carbocycles. The highest BCUT2D eigenvalue weighted by molar-refractivity contribution is 8.00. The highest BCUT2D eigenvalue weighted by Crippen LogP contribution is 2.42. The fraction of sp³-hybridized carbons (Fsp3) is 0.550. The Kier molecular flexibility index (Phi) is 4.88. The van der Waals surface area contributed by atoms with Crippen LogP contribution in [0.15, 0.2) is 29.4 Å². The summed E-state index contributed by atoms with van der Waals surface area (Å²) in [5, 5.41) is 4.98. The van der Waals surface area contributed by atoms with E-state index in [1.165, 1.54) is 28.7 Å². The highest BCUT2D eigenvalue weighted by Gasteiger charge is 2.43. The van der Waals surface area contributed by atoms with Crippen molar-refractivity contribution in [3.8, 4) is 0 Å². The second-order valence-corrected chi connectivity index (χ2v) is 8.64. The van der Waals surface area contributed by atoms with Crippen molar-refractivity contribution >= 4 is 17.7 Å². The first-order chi connectivity index (χ1) is 12.6. The number of rotatable bonds is 4. The number of fused-ring (bicyclic) bond motifs is 1. The number of likely N-dealkylation sites (tertiary alicyclic amines) is 1. The Morgan fingerprint density at radius 3 is 2.73 bits per heavy atom. The van der Waals surface area contributed by atoms with E-state index in [-0.39, 0.29) is 17.2 Å². The molecule has 0 N–H and O–H groups in total. The van der Waals surface area contributed by atoms with Crippen molar-refractivity contribution in [1.29, 1.82) is 0 Å².